The fourth-order valence-corrected chi connectivity index (χ4v) is 4.85. The summed E-state index contributed by atoms with van der Waals surface area (Å²) in [5.74, 6) is 1.05. The first-order valence-electron chi connectivity index (χ1n) is 11.2. The average Bonchev–Trinajstić information content (AvgIpc) is 2.79. The van der Waals surface area contributed by atoms with Crippen LogP contribution in [0.3, 0.4) is 0 Å². The summed E-state index contributed by atoms with van der Waals surface area (Å²) in [5, 5.41) is 0. The smallest absolute Gasteiger partial charge is 0.223 e. The van der Waals surface area contributed by atoms with Gasteiger partial charge in [0.25, 0.3) is 0 Å². The van der Waals surface area contributed by atoms with Gasteiger partial charge in [-0.05, 0) is 35.8 Å². The molecule has 3 atom stereocenters. The Morgan fingerprint density at radius 1 is 1.10 bits per heavy atom. The minimum atomic E-state index is -0.388. The molecule has 0 N–H and O–H groups in total. The van der Waals surface area contributed by atoms with Crippen LogP contribution >= 0.6 is 0 Å². The Morgan fingerprint density at radius 2 is 1.80 bits per heavy atom. The van der Waals surface area contributed by atoms with E-state index in [1.807, 2.05) is 29.2 Å². The lowest BCUT2D eigenvalue weighted by atomic mass is 9.75. The monoisotopic (exact) mass is 407 g/mol. The van der Waals surface area contributed by atoms with Crippen LogP contribution in [0.15, 0.2) is 60.7 Å². The maximum absolute atomic E-state index is 12.9. The molecule has 2 aliphatic rings. The fraction of sp³-hybridized carbons (Fsp3) is 0.500. The SMILES string of the molecule is CC(C)[C@@H]1C[C@@]2(CO[C@H]1c1ccccc1)CN(C(=O)CCc1ccccc1)CCO2. The highest BCUT2D eigenvalue weighted by Crippen LogP contribution is 2.44. The first kappa shape index (κ1) is 21.1. The van der Waals surface area contributed by atoms with Gasteiger partial charge in [-0.1, -0.05) is 74.5 Å². The molecule has 4 nitrogen and oxygen atoms in total. The predicted molar refractivity (Wildman–Crippen MR) is 118 cm³/mol. The van der Waals surface area contributed by atoms with Gasteiger partial charge in [0.1, 0.15) is 5.60 Å². The molecule has 1 spiro atoms. The van der Waals surface area contributed by atoms with Gasteiger partial charge in [-0.15, -0.1) is 0 Å². The minimum Gasteiger partial charge on any atom is -0.370 e. The number of amides is 1. The zero-order valence-electron chi connectivity index (χ0n) is 18.1. The summed E-state index contributed by atoms with van der Waals surface area (Å²) in [6, 6.07) is 20.7. The summed E-state index contributed by atoms with van der Waals surface area (Å²) < 4.78 is 12.7. The van der Waals surface area contributed by atoms with Crippen molar-refractivity contribution in [2.75, 3.05) is 26.3 Å². The molecule has 30 heavy (non-hydrogen) atoms. The third-order valence-corrected chi connectivity index (χ3v) is 6.58. The molecule has 2 saturated heterocycles. The van der Waals surface area contributed by atoms with E-state index in [4.69, 9.17) is 9.47 Å². The molecule has 0 aromatic heterocycles. The lowest BCUT2D eigenvalue weighted by molar-refractivity contribution is -0.211. The van der Waals surface area contributed by atoms with E-state index in [2.05, 4.69) is 50.2 Å². The molecular formula is C26H33NO3. The minimum absolute atomic E-state index is 0.0876. The van der Waals surface area contributed by atoms with Crippen molar-refractivity contribution in [2.45, 2.75) is 44.8 Å². The molecule has 2 aliphatic heterocycles. The average molecular weight is 408 g/mol. The Kier molecular flexibility index (Phi) is 6.55. The van der Waals surface area contributed by atoms with Crippen LogP contribution in [0.4, 0.5) is 0 Å². The van der Waals surface area contributed by atoms with Crippen molar-refractivity contribution in [3.8, 4) is 0 Å². The second-order valence-corrected chi connectivity index (χ2v) is 9.09. The Hall–Kier alpha value is -2.17. The van der Waals surface area contributed by atoms with Crippen LogP contribution < -0.4 is 0 Å². The Bertz CT molecular complexity index is 823. The van der Waals surface area contributed by atoms with Gasteiger partial charge in [0.2, 0.25) is 5.91 Å². The van der Waals surface area contributed by atoms with Crippen molar-refractivity contribution < 1.29 is 14.3 Å². The number of ether oxygens (including phenoxy) is 2. The highest BCUT2D eigenvalue weighted by molar-refractivity contribution is 5.76. The van der Waals surface area contributed by atoms with Crippen LogP contribution in [0.5, 0.6) is 0 Å². The van der Waals surface area contributed by atoms with E-state index >= 15 is 0 Å². The van der Waals surface area contributed by atoms with Crippen molar-refractivity contribution in [2.24, 2.45) is 11.8 Å². The van der Waals surface area contributed by atoms with Crippen molar-refractivity contribution in [3.05, 3.63) is 71.8 Å². The number of morpholine rings is 1. The van der Waals surface area contributed by atoms with E-state index in [0.717, 1.165) is 12.8 Å². The van der Waals surface area contributed by atoms with Gasteiger partial charge in [-0.3, -0.25) is 4.79 Å². The van der Waals surface area contributed by atoms with Crippen molar-refractivity contribution in [1.82, 2.24) is 4.90 Å². The van der Waals surface area contributed by atoms with Gasteiger partial charge in [-0.25, -0.2) is 0 Å². The molecule has 160 valence electrons. The van der Waals surface area contributed by atoms with Crippen LogP contribution in [0.1, 0.15) is 43.9 Å². The number of nitrogens with zero attached hydrogens (tertiary/aromatic N) is 1. The van der Waals surface area contributed by atoms with Crippen LogP contribution in [0, 0.1) is 11.8 Å². The normalized spacial score (nSPS) is 26.8. The molecule has 0 aliphatic carbocycles. The van der Waals surface area contributed by atoms with E-state index < -0.39 is 0 Å². The molecule has 2 aromatic rings. The molecule has 0 radical (unpaired) electrons. The van der Waals surface area contributed by atoms with Gasteiger partial charge in [-0.2, -0.15) is 0 Å². The summed E-state index contributed by atoms with van der Waals surface area (Å²) in [6.45, 7) is 6.94. The summed E-state index contributed by atoms with van der Waals surface area (Å²) in [4.78, 5) is 14.9. The molecule has 0 unspecified atom stereocenters. The lowest BCUT2D eigenvalue weighted by Gasteiger charge is -2.50. The Balaban J connectivity index is 1.42. The molecule has 2 heterocycles. The highest BCUT2D eigenvalue weighted by atomic mass is 16.6. The van der Waals surface area contributed by atoms with Gasteiger partial charge >= 0.3 is 0 Å². The summed E-state index contributed by atoms with van der Waals surface area (Å²) >= 11 is 0. The highest BCUT2D eigenvalue weighted by Gasteiger charge is 2.47. The molecular weight excluding hydrogens is 374 g/mol. The Morgan fingerprint density at radius 3 is 2.50 bits per heavy atom. The quantitative estimate of drug-likeness (QED) is 0.724. The third-order valence-electron chi connectivity index (χ3n) is 6.58. The van der Waals surface area contributed by atoms with E-state index in [0.29, 0.717) is 44.6 Å². The molecule has 2 aromatic carbocycles. The lowest BCUT2D eigenvalue weighted by Crippen LogP contribution is -2.59. The van der Waals surface area contributed by atoms with E-state index in [1.165, 1.54) is 11.1 Å². The Labute approximate surface area is 180 Å². The molecule has 0 saturated carbocycles. The maximum Gasteiger partial charge on any atom is 0.223 e. The first-order valence-corrected chi connectivity index (χ1v) is 11.2. The fourth-order valence-electron chi connectivity index (χ4n) is 4.85. The largest absolute Gasteiger partial charge is 0.370 e. The number of benzene rings is 2. The number of hydrogen-bond acceptors (Lipinski definition) is 3. The van der Waals surface area contributed by atoms with E-state index in [9.17, 15) is 4.79 Å². The van der Waals surface area contributed by atoms with Gasteiger partial charge in [0.05, 0.1) is 25.9 Å². The van der Waals surface area contributed by atoms with Gasteiger partial charge in [0, 0.05) is 13.0 Å². The summed E-state index contributed by atoms with van der Waals surface area (Å²) in [5.41, 5.74) is 2.05. The van der Waals surface area contributed by atoms with Crippen molar-refractivity contribution in [1.29, 1.82) is 0 Å². The second kappa shape index (κ2) is 9.32. The zero-order valence-corrected chi connectivity index (χ0v) is 18.1. The molecule has 2 fully saturated rings. The molecule has 4 heteroatoms. The van der Waals surface area contributed by atoms with Crippen molar-refractivity contribution >= 4 is 5.91 Å². The summed E-state index contributed by atoms with van der Waals surface area (Å²) in [7, 11) is 0. The predicted octanol–water partition coefficient (Wildman–Crippen LogP) is 4.65. The van der Waals surface area contributed by atoms with Crippen LogP contribution in [-0.4, -0.2) is 42.7 Å². The molecule has 0 bridgehead atoms. The standard InChI is InChI=1S/C26H33NO3/c1-20(2)23-17-26(19-29-25(23)22-11-7-4-8-12-22)18-27(15-16-30-26)24(28)14-13-21-9-5-3-6-10-21/h3-12,20,23,25H,13-19H2,1-2H3/t23-,25-,26-/m0/s1. The summed E-state index contributed by atoms with van der Waals surface area (Å²) in [6.07, 6.45) is 2.34. The number of hydrogen-bond donors (Lipinski definition) is 0. The van der Waals surface area contributed by atoms with Crippen molar-refractivity contribution in [3.63, 3.8) is 0 Å². The first-order chi connectivity index (χ1) is 14.6. The molecule has 1 amide bonds. The zero-order chi connectivity index (χ0) is 21.0. The number of carbonyl (C=O) groups is 1. The third kappa shape index (κ3) is 4.76. The second-order valence-electron chi connectivity index (χ2n) is 9.09. The molecule has 4 rings (SSSR count). The van der Waals surface area contributed by atoms with Gasteiger partial charge < -0.3 is 14.4 Å². The number of carbonyl (C=O) groups excluding carboxylic acids is 1. The van der Waals surface area contributed by atoms with Crippen LogP contribution in [0.25, 0.3) is 0 Å². The van der Waals surface area contributed by atoms with Gasteiger partial charge in [0.15, 0.2) is 0 Å². The topological polar surface area (TPSA) is 38.8 Å². The number of aryl methyl sites for hydroxylation is 1. The van der Waals surface area contributed by atoms with E-state index in [-0.39, 0.29) is 17.6 Å². The van der Waals surface area contributed by atoms with E-state index in [1.54, 1.807) is 0 Å². The number of rotatable bonds is 5. The van der Waals surface area contributed by atoms with Crippen LogP contribution in [-0.2, 0) is 20.7 Å². The maximum atomic E-state index is 12.9. The van der Waals surface area contributed by atoms with Crippen LogP contribution in [0.2, 0.25) is 0 Å².